The molecule has 0 spiro atoms. The van der Waals surface area contributed by atoms with Crippen LogP contribution in [-0.2, 0) is 6.54 Å². The van der Waals surface area contributed by atoms with Gasteiger partial charge in [-0.1, -0.05) is 6.42 Å². The van der Waals surface area contributed by atoms with Crippen LogP contribution < -0.4 is 14.9 Å². The molecule has 0 amide bonds. The van der Waals surface area contributed by atoms with E-state index >= 15 is 0 Å². The lowest BCUT2D eigenvalue weighted by atomic mass is 9.98. The molecule has 2 aromatic rings. The molecule has 0 saturated heterocycles. The molecule has 0 bridgehead atoms. The van der Waals surface area contributed by atoms with E-state index in [4.69, 9.17) is 9.47 Å². The second-order valence-electron chi connectivity index (χ2n) is 7.23. The van der Waals surface area contributed by atoms with Crippen molar-refractivity contribution in [2.24, 2.45) is 0 Å². The number of hydrogen-bond acceptors (Lipinski definition) is 4. The number of carbonyl (C=O) groups is 1. The number of pyridine rings is 1. The van der Waals surface area contributed by atoms with Gasteiger partial charge in [-0.05, 0) is 57.7 Å². The van der Waals surface area contributed by atoms with Crippen molar-refractivity contribution in [3.8, 4) is 11.5 Å². The predicted octanol–water partition coefficient (Wildman–Crippen LogP) is 4.07. The molecule has 1 fully saturated rings. The van der Waals surface area contributed by atoms with Crippen molar-refractivity contribution in [1.29, 1.82) is 0 Å². The van der Waals surface area contributed by atoms with Crippen LogP contribution in [-0.4, -0.2) is 23.6 Å². The average Bonchev–Trinajstić information content (AvgIpc) is 2.65. The van der Waals surface area contributed by atoms with Crippen molar-refractivity contribution >= 4 is 5.78 Å². The van der Waals surface area contributed by atoms with E-state index in [9.17, 15) is 9.59 Å². The van der Waals surface area contributed by atoms with Crippen LogP contribution in [0.3, 0.4) is 0 Å². The minimum Gasteiger partial charge on any atom is -0.493 e. The van der Waals surface area contributed by atoms with Crippen LogP contribution in [0.1, 0.15) is 53.8 Å². The Morgan fingerprint density at radius 3 is 2.33 bits per heavy atom. The second-order valence-corrected chi connectivity index (χ2v) is 7.23. The molecule has 27 heavy (non-hydrogen) atoms. The van der Waals surface area contributed by atoms with E-state index in [2.05, 4.69) is 0 Å². The zero-order valence-electron chi connectivity index (χ0n) is 16.3. The summed E-state index contributed by atoms with van der Waals surface area (Å²) in [5.41, 5.74) is 2.10. The third-order valence-electron chi connectivity index (χ3n) is 5.19. The average molecular weight is 369 g/mol. The van der Waals surface area contributed by atoms with Gasteiger partial charge in [-0.3, -0.25) is 9.59 Å². The highest BCUT2D eigenvalue weighted by Crippen LogP contribution is 2.32. The van der Waals surface area contributed by atoms with Gasteiger partial charge in [0.2, 0.25) is 0 Å². The van der Waals surface area contributed by atoms with Crippen molar-refractivity contribution in [2.45, 2.75) is 58.6 Å². The van der Waals surface area contributed by atoms with Gasteiger partial charge in [0, 0.05) is 29.1 Å². The zero-order valence-corrected chi connectivity index (χ0v) is 16.3. The molecule has 1 aliphatic carbocycles. The molecule has 0 N–H and O–H groups in total. The standard InChI is InChI=1S/C22H27NO4/c1-15-11-18(24)12-16(2)23(15)14-20(25)17-9-10-21(26-3)22(13-17)27-19-7-5-4-6-8-19/h9-13,19H,4-8,14H2,1-3H3. The van der Waals surface area contributed by atoms with Crippen LogP contribution in [0.5, 0.6) is 11.5 Å². The summed E-state index contributed by atoms with van der Waals surface area (Å²) in [5.74, 6) is 1.25. The monoisotopic (exact) mass is 369 g/mol. The number of benzene rings is 1. The maximum absolute atomic E-state index is 12.9. The number of Topliss-reactive ketones (excluding diaryl/α,β-unsaturated/α-hetero) is 1. The van der Waals surface area contributed by atoms with Gasteiger partial charge in [-0.15, -0.1) is 0 Å². The van der Waals surface area contributed by atoms with E-state index in [0.717, 1.165) is 24.2 Å². The van der Waals surface area contributed by atoms with Gasteiger partial charge < -0.3 is 14.0 Å². The van der Waals surface area contributed by atoms with Gasteiger partial charge in [0.1, 0.15) is 0 Å². The Morgan fingerprint density at radius 1 is 1.04 bits per heavy atom. The number of aryl methyl sites for hydroxylation is 2. The summed E-state index contributed by atoms with van der Waals surface area (Å²) in [4.78, 5) is 24.4. The number of rotatable bonds is 6. The summed E-state index contributed by atoms with van der Waals surface area (Å²) in [6.45, 7) is 3.87. The molecule has 0 radical (unpaired) electrons. The molecular formula is C22H27NO4. The van der Waals surface area contributed by atoms with Gasteiger partial charge in [0.25, 0.3) is 0 Å². The molecule has 144 valence electrons. The Kier molecular flexibility index (Phi) is 5.99. The molecule has 3 rings (SSSR count). The molecule has 1 heterocycles. The van der Waals surface area contributed by atoms with Gasteiger partial charge in [0.05, 0.1) is 19.8 Å². The highest BCUT2D eigenvalue weighted by atomic mass is 16.5. The minimum absolute atomic E-state index is 0.0269. The first kappa shape index (κ1) is 19.2. The smallest absolute Gasteiger partial charge is 0.182 e. The first-order valence-corrected chi connectivity index (χ1v) is 9.54. The number of aromatic nitrogens is 1. The fourth-order valence-corrected chi connectivity index (χ4v) is 3.68. The summed E-state index contributed by atoms with van der Waals surface area (Å²) < 4.78 is 13.4. The highest BCUT2D eigenvalue weighted by molar-refractivity contribution is 5.96. The summed E-state index contributed by atoms with van der Waals surface area (Å²) in [7, 11) is 1.61. The van der Waals surface area contributed by atoms with Gasteiger partial charge in [0.15, 0.2) is 22.7 Å². The Bertz CT molecular complexity index is 852. The number of methoxy groups -OCH3 is 1. The molecule has 5 nitrogen and oxygen atoms in total. The van der Waals surface area contributed by atoms with E-state index in [1.165, 1.54) is 19.3 Å². The lowest BCUT2D eigenvalue weighted by Crippen LogP contribution is -2.21. The molecule has 0 aliphatic heterocycles. The number of ketones is 1. The molecule has 1 saturated carbocycles. The third kappa shape index (κ3) is 4.59. The largest absolute Gasteiger partial charge is 0.493 e. The summed E-state index contributed by atoms with van der Waals surface area (Å²) in [5, 5.41) is 0. The van der Waals surface area contributed by atoms with E-state index in [0.29, 0.717) is 17.1 Å². The maximum Gasteiger partial charge on any atom is 0.182 e. The SMILES string of the molecule is COc1ccc(C(=O)Cn2c(C)cc(=O)cc2C)cc1OC1CCCCC1. The summed E-state index contributed by atoms with van der Waals surface area (Å²) >= 11 is 0. The van der Waals surface area contributed by atoms with Gasteiger partial charge >= 0.3 is 0 Å². The van der Waals surface area contributed by atoms with Crippen LogP contribution in [0, 0.1) is 13.8 Å². The van der Waals surface area contributed by atoms with Crippen LogP contribution >= 0.6 is 0 Å². The van der Waals surface area contributed by atoms with Crippen LogP contribution in [0.2, 0.25) is 0 Å². The molecule has 1 aromatic heterocycles. The van der Waals surface area contributed by atoms with Crippen LogP contribution in [0.4, 0.5) is 0 Å². The minimum atomic E-state index is -0.0404. The molecule has 1 aromatic carbocycles. The topological polar surface area (TPSA) is 57.5 Å². The Hall–Kier alpha value is -2.56. The first-order valence-electron chi connectivity index (χ1n) is 9.54. The lowest BCUT2D eigenvalue weighted by Gasteiger charge is -2.24. The van der Waals surface area contributed by atoms with E-state index in [1.54, 1.807) is 37.4 Å². The highest BCUT2D eigenvalue weighted by Gasteiger charge is 2.19. The van der Waals surface area contributed by atoms with E-state index in [1.807, 2.05) is 18.4 Å². The third-order valence-corrected chi connectivity index (χ3v) is 5.19. The first-order chi connectivity index (χ1) is 13.0. The van der Waals surface area contributed by atoms with Gasteiger partial charge in [-0.2, -0.15) is 0 Å². The number of hydrogen-bond donors (Lipinski definition) is 0. The van der Waals surface area contributed by atoms with Crippen molar-refractivity contribution in [3.05, 3.63) is 57.5 Å². The van der Waals surface area contributed by atoms with Crippen LogP contribution in [0.15, 0.2) is 35.1 Å². The Labute approximate surface area is 159 Å². The predicted molar refractivity (Wildman–Crippen MR) is 105 cm³/mol. The molecular weight excluding hydrogens is 342 g/mol. The summed E-state index contributed by atoms with van der Waals surface area (Å²) in [6, 6.07) is 8.43. The number of nitrogens with zero attached hydrogens (tertiary/aromatic N) is 1. The number of ether oxygens (including phenoxy) is 2. The van der Waals surface area contributed by atoms with Crippen LogP contribution in [0.25, 0.3) is 0 Å². The Morgan fingerprint density at radius 2 is 1.70 bits per heavy atom. The zero-order chi connectivity index (χ0) is 19.4. The van der Waals surface area contributed by atoms with Crippen molar-refractivity contribution < 1.29 is 14.3 Å². The fraction of sp³-hybridized carbons (Fsp3) is 0.455. The van der Waals surface area contributed by atoms with Crippen molar-refractivity contribution in [3.63, 3.8) is 0 Å². The number of carbonyl (C=O) groups excluding carboxylic acids is 1. The second kappa shape index (κ2) is 8.42. The maximum atomic E-state index is 12.9. The lowest BCUT2D eigenvalue weighted by molar-refractivity contribution is 0.0968. The molecule has 5 heteroatoms. The normalized spacial score (nSPS) is 14.8. The van der Waals surface area contributed by atoms with Gasteiger partial charge in [-0.25, -0.2) is 0 Å². The molecule has 1 aliphatic rings. The fourth-order valence-electron chi connectivity index (χ4n) is 3.68. The Balaban J connectivity index is 1.82. The van der Waals surface area contributed by atoms with E-state index in [-0.39, 0.29) is 23.9 Å². The summed E-state index contributed by atoms with van der Waals surface area (Å²) in [6.07, 6.45) is 5.87. The molecule has 0 atom stereocenters. The van der Waals surface area contributed by atoms with E-state index < -0.39 is 0 Å². The molecule has 0 unspecified atom stereocenters. The van der Waals surface area contributed by atoms with Crippen molar-refractivity contribution in [1.82, 2.24) is 4.57 Å². The quantitative estimate of drug-likeness (QED) is 0.720. The van der Waals surface area contributed by atoms with Crippen molar-refractivity contribution in [2.75, 3.05) is 7.11 Å².